The number of furan rings is 1. The second-order valence-corrected chi connectivity index (χ2v) is 10.2. The van der Waals surface area contributed by atoms with E-state index >= 15 is 0 Å². The van der Waals surface area contributed by atoms with Crippen LogP contribution >= 0.6 is 0 Å². The molecule has 3 nitrogen and oxygen atoms in total. The Morgan fingerprint density at radius 3 is 1.38 bits per heavy atom. The van der Waals surface area contributed by atoms with Crippen LogP contribution in [0.5, 0.6) is 0 Å². The van der Waals surface area contributed by atoms with E-state index in [2.05, 4.69) is 130 Å². The molecule has 0 N–H and O–H groups in total. The number of nitrogens with zero attached hydrogens (tertiary/aromatic N) is 2. The van der Waals surface area contributed by atoms with Gasteiger partial charge in [-0.3, -0.25) is 0 Å². The number of para-hydroxylation sites is 4. The maximum atomic E-state index is 6.28. The highest BCUT2D eigenvalue weighted by atomic mass is 16.3. The van der Waals surface area contributed by atoms with Crippen molar-refractivity contribution >= 4 is 65.6 Å². The molecule has 0 aliphatic rings. The molecule has 0 amide bonds. The third-order valence-electron chi connectivity index (χ3n) is 8.12. The van der Waals surface area contributed by atoms with Crippen molar-refractivity contribution in [2.75, 3.05) is 0 Å². The van der Waals surface area contributed by atoms with Gasteiger partial charge >= 0.3 is 0 Å². The van der Waals surface area contributed by atoms with Crippen molar-refractivity contribution in [2.45, 2.75) is 0 Å². The van der Waals surface area contributed by atoms with Crippen molar-refractivity contribution in [3.63, 3.8) is 0 Å². The smallest absolute Gasteiger partial charge is 0.137 e. The zero-order chi connectivity index (χ0) is 25.5. The predicted molar refractivity (Wildman–Crippen MR) is 162 cm³/mol. The van der Waals surface area contributed by atoms with Gasteiger partial charge in [-0.1, -0.05) is 72.8 Å². The van der Waals surface area contributed by atoms with Gasteiger partial charge < -0.3 is 13.6 Å². The number of benzene rings is 6. The zero-order valence-electron chi connectivity index (χ0n) is 21.0. The van der Waals surface area contributed by atoms with Crippen molar-refractivity contribution in [1.82, 2.24) is 9.13 Å². The lowest BCUT2D eigenvalue weighted by Crippen LogP contribution is -1.97. The molecule has 0 radical (unpaired) electrons. The highest BCUT2D eigenvalue weighted by Crippen LogP contribution is 2.38. The van der Waals surface area contributed by atoms with Crippen LogP contribution in [0.2, 0.25) is 0 Å². The Labute approximate surface area is 223 Å². The Morgan fingerprint density at radius 1 is 0.333 bits per heavy atom. The molecule has 3 heterocycles. The summed E-state index contributed by atoms with van der Waals surface area (Å²) in [6.45, 7) is 0. The molecule has 39 heavy (non-hydrogen) atoms. The first-order valence-corrected chi connectivity index (χ1v) is 13.3. The maximum Gasteiger partial charge on any atom is 0.137 e. The first kappa shape index (κ1) is 20.7. The van der Waals surface area contributed by atoms with E-state index in [4.69, 9.17) is 4.42 Å². The van der Waals surface area contributed by atoms with E-state index in [-0.39, 0.29) is 0 Å². The monoisotopic (exact) mass is 498 g/mol. The van der Waals surface area contributed by atoms with Crippen LogP contribution in [-0.2, 0) is 0 Å². The van der Waals surface area contributed by atoms with Gasteiger partial charge in [0.1, 0.15) is 11.2 Å². The van der Waals surface area contributed by atoms with Gasteiger partial charge in [0.15, 0.2) is 0 Å². The summed E-state index contributed by atoms with van der Waals surface area (Å²) in [6, 6.07) is 47.6. The summed E-state index contributed by atoms with van der Waals surface area (Å²) in [5, 5.41) is 7.33. The SMILES string of the molecule is c1ccc2c(c1)oc1cc3c(cc12)c1ccccc1n3-c1ccc(-n2c3ccccc3c3ccccc32)cc1. The molecule has 0 saturated heterocycles. The van der Waals surface area contributed by atoms with Gasteiger partial charge in [0, 0.05) is 49.8 Å². The molecular formula is C36H22N2O. The molecule has 9 aromatic rings. The van der Waals surface area contributed by atoms with Gasteiger partial charge in [0.25, 0.3) is 0 Å². The standard InChI is InChI=1S/C36H22N2O/c1-5-13-31-25(9-1)26-10-2-6-14-32(26)37(31)23-17-19-24(20-18-23)38-33-15-7-3-11-27(33)29-21-30-28-12-4-8-16-35(28)39-36(30)22-34(29)38/h1-22H. The van der Waals surface area contributed by atoms with Gasteiger partial charge in [-0.05, 0) is 54.6 Å². The lowest BCUT2D eigenvalue weighted by molar-refractivity contribution is 0.669. The van der Waals surface area contributed by atoms with Crippen LogP contribution in [-0.4, -0.2) is 9.13 Å². The van der Waals surface area contributed by atoms with Gasteiger partial charge in [-0.25, -0.2) is 0 Å². The maximum absolute atomic E-state index is 6.28. The summed E-state index contributed by atoms with van der Waals surface area (Å²) >= 11 is 0. The van der Waals surface area contributed by atoms with Crippen LogP contribution in [0, 0.1) is 0 Å². The second-order valence-electron chi connectivity index (χ2n) is 10.2. The van der Waals surface area contributed by atoms with Crippen LogP contribution < -0.4 is 0 Å². The van der Waals surface area contributed by atoms with E-state index in [1.54, 1.807) is 0 Å². The summed E-state index contributed by atoms with van der Waals surface area (Å²) < 4.78 is 11.0. The number of fused-ring (bicyclic) bond motifs is 9. The molecule has 0 spiro atoms. The van der Waals surface area contributed by atoms with Gasteiger partial charge in [0.05, 0.1) is 22.1 Å². The third-order valence-corrected chi connectivity index (χ3v) is 8.12. The summed E-state index contributed by atoms with van der Waals surface area (Å²) in [5.41, 5.74) is 8.88. The van der Waals surface area contributed by atoms with Crippen molar-refractivity contribution < 1.29 is 4.42 Å². The lowest BCUT2D eigenvalue weighted by atomic mass is 10.1. The van der Waals surface area contributed by atoms with E-state index in [1.165, 1.54) is 38.1 Å². The summed E-state index contributed by atoms with van der Waals surface area (Å²) in [5.74, 6) is 0. The van der Waals surface area contributed by atoms with E-state index in [1.807, 2.05) is 12.1 Å². The van der Waals surface area contributed by atoms with Gasteiger partial charge in [-0.2, -0.15) is 0 Å². The molecule has 0 saturated carbocycles. The molecule has 0 aliphatic heterocycles. The Balaban J connectivity index is 1.29. The average molecular weight is 499 g/mol. The minimum absolute atomic E-state index is 0.912. The van der Waals surface area contributed by atoms with E-state index in [0.29, 0.717) is 0 Å². The normalized spacial score (nSPS) is 12.1. The molecule has 6 aromatic carbocycles. The first-order valence-electron chi connectivity index (χ1n) is 13.3. The lowest BCUT2D eigenvalue weighted by Gasteiger charge is -2.11. The van der Waals surface area contributed by atoms with Crippen LogP contribution in [0.15, 0.2) is 138 Å². The van der Waals surface area contributed by atoms with Crippen molar-refractivity contribution in [3.05, 3.63) is 133 Å². The Bertz CT molecular complexity index is 2330. The minimum atomic E-state index is 0.912. The number of hydrogen-bond donors (Lipinski definition) is 0. The first-order chi connectivity index (χ1) is 19.3. The Morgan fingerprint density at radius 2 is 0.795 bits per heavy atom. The highest BCUT2D eigenvalue weighted by molar-refractivity contribution is 6.17. The number of aromatic nitrogens is 2. The van der Waals surface area contributed by atoms with Crippen LogP contribution in [0.1, 0.15) is 0 Å². The molecule has 0 atom stereocenters. The molecule has 0 bridgehead atoms. The number of hydrogen-bond acceptors (Lipinski definition) is 1. The van der Waals surface area contributed by atoms with Crippen LogP contribution in [0.4, 0.5) is 0 Å². The number of rotatable bonds is 2. The van der Waals surface area contributed by atoms with E-state index in [0.717, 1.165) is 38.8 Å². The molecule has 0 fully saturated rings. The molecule has 0 aliphatic carbocycles. The Kier molecular flexibility index (Phi) is 4.05. The molecule has 9 rings (SSSR count). The van der Waals surface area contributed by atoms with Crippen molar-refractivity contribution in [1.29, 1.82) is 0 Å². The van der Waals surface area contributed by atoms with E-state index < -0.39 is 0 Å². The summed E-state index contributed by atoms with van der Waals surface area (Å²) in [4.78, 5) is 0. The topological polar surface area (TPSA) is 23.0 Å². The molecule has 3 heteroatoms. The summed E-state index contributed by atoms with van der Waals surface area (Å²) in [6.07, 6.45) is 0. The molecular weight excluding hydrogens is 476 g/mol. The van der Waals surface area contributed by atoms with Crippen LogP contribution in [0.3, 0.4) is 0 Å². The fourth-order valence-corrected chi connectivity index (χ4v) is 6.42. The van der Waals surface area contributed by atoms with E-state index in [9.17, 15) is 0 Å². The van der Waals surface area contributed by atoms with Crippen molar-refractivity contribution in [2.24, 2.45) is 0 Å². The van der Waals surface area contributed by atoms with Crippen LogP contribution in [0.25, 0.3) is 76.9 Å². The second kappa shape index (κ2) is 7.62. The van der Waals surface area contributed by atoms with Gasteiger partial charge in [-0.15, -0.1) is 0 Å². The fourth-order valence-electron chi connectivity index (χ4n) is 6.42. The van der Waals surface area contributed by atoms with Crippen molar-refractivity contribution in [3.8, 4) is 11.4 Å². The third kappa shape index (κ3) is 2.82. The predicted octanol–water partition coefficient (Wildman–Crippen LogP) is 9.78. The average Bonchev–Trinajstić information content (AvgIpc) is 3.63. The quantitative estimate of drug-likeness (QED) is 0.233. The van der Waals surface area contributed by atoms with Gasteiger partial charge in [0.2, 0.25) is 0 Å². The molecule has 182 valence electrons. The largest absolute Gasteiger partial charge is 0.456 e. The molecule has 3 aromatic heterocycles. The minimum Gasteiger partial charge on any atom is -0.456 e. The highest BCUT2D eigenvalue weighted by Gasteiger charge is 2.17. The fraction of sp³-hybridized carbons (Fsp3) is 0. The Hall–Kier alpha value is -5.28. The summed E-state index contributed by atoms with van der Waals surface area (Å²) in [7, 11) is 0. The molecule has 0 unspecified atom stereocenters. The zero-order valence-corrected chi connectivity index (χ0v) is 21.0.